The molecule has 0 amide bonds. The van der Waals surface area contributed by atoms with Crippen LogP contribution in [0.15, 0.2) is 53.3 Å². The molecule has 3 rings (SSSR count). The maximum atomic E-state index is 12.2. The maximum absolute atomic E-state index is 12.2. The fourth-order valence-corrected chi connectivity index (χ4v) is 2.13. The second-order valence-electron chi connectivity index (χ2n) is 4.40. The minimum atomic E-state index is 0.00594. The first-order chi connectivity index (χ1) is 9.28. The summed E-state index contributed by atoms with van der Waals surface area (Å²) in [5, 5.41) is 3.83. The monoisotopic (exact) mass is 254 g/mol. The molecule has 0 unspecified atom stereocenters. The van der Waals surface area contributed by atoms with Crippen LogP contribution in [0.2, 0.25) is 0 Å². The van der Waals surface area contributed by atoms with Gasteiger partial charge in [-0.3, -0.25) is 9.89 Å². The van der Waals surface area contributed by atoms with Crippen molar-refractivity contribution < 1.29 is 4.74 Å². The second-order valence-corrected chi connectivity index (χ2v) is 4.40. The number of methoxy groups -OCH3 is 1. The van der Waals surface area contributed by atoms with E-state index in [4.69, 9.17) is 4.74 Å². The Labute approximate surface area is 110 Å². The van der Waals surface area contributed by atoms with Crippen LogP contribution in [0.4, 0.5) is 0 Å². The van der Waals surface area contributed by atoms with Gasteiger partial charge >= 0.3 is 0 Å². The van der Waals surface area contributed by atoms with E-state index in [-0.39, 0.29) is 5.56 Å². The highest BCUT2D eigenvalue weighted by atomic mass is 16.5. The Balaban J connectivity index is 1.96. The summed E-state index contributed by atoms with van der Waals surface area (Å²) in [6, 6.07) is 15.2. The molecule has 2 aromatic carbocycles. The summed E-state index contributed by atoms with van der Waals surface area (Å²) >= 11 is 0. The van der Waals surface area contributed by atoms with E-state index in [1.807, 2.05) is 48.5 Å². The molecule has 0 saturated heterocycles. The topological polar surface area (TPSA) is 47.0 Å². The molecular formula is C15H14N2O2. The van der Waals surface area contributed by atoms with E-state index in [0.29, 0.717) is 6.54 Å². The Morgan fingerprint density at radius 1 is 1.11 bits per heavy atom. The molecule has 0 bridgehead atoms. The van der Waals surface area contributed by atoms with Crippen molar-refractivity contribution in [1.82, 2.24) is 9.78 Å². The molecular weight excluding hydrogens is 240 g/mol. The maximum Gasteiger partial charge on any atom is 0.274 e. The van der Waals surface area contributed by atoms with Crippen molar-refractivity contribution in [2.24, 2.45) is 0 Å². The van der Waals surface area contributed by atoms with Gasteiger partial charge in [0.15, 0.2) is 0 Å². The third-order valence-corrected chi connectivity index (χ3v) is 3.16. The van der Waals surface area contributed by atoms with E-state index in [1.165, 1.54) is 0 Å². The Kier molecular flexibility index (Phi) is 2.83. The number of aromatic nitrogens is 2. The Morgan fingerprint density at radius 2 is 1.84 bits per heavy atom. The predicted molar refractivity (Wildman–Crippen MR) is 74.7 cm³/mol. The molecule has 0 atom stereocenters. The van der Waals surface area contributed by atoms with Gasteiger partial charge in [0.1, 0.15) is 5.75 Å². The van der Waals surface area contributed by atoms with Crippen molar-refractivity contribution >= 4 is 10.9 Å². The van der Waals surface area contributed by atoms with Crippen LogP contribution < -0.4 is 10.3 Å². The van der Waals surface area contributed by atoms with Crippen molar-refractivity contribution in [3.8, 4) is 5.75 Å². The third-order valence-electron chi connectivity index (χ3n) is 3.16. The quantitative estimate of drug-likeness (QED) is 0.780. The van der Waals surface area contributed by atoms with E-state index in [2.05, 4.69) is 5.10 Å². The molecule has 0 saturated carbocycles. The van der Waals surface area contributed by atoms with Crippen LogP contribution >= 0.6 is 0 Å². The van der Waals surface area contributed by atoms with Crippen LogP contribution in [0.1, 0.15) is 5.56 Å². The summed E-state index contributed by atoms with van der Waals surface area (Å²) in [6.45, 7) is 0.525. The zero-order valence-electron chi connectivity index (χ0n) is 10.6. The van der Waals surface area contributed by atoms with Crippen LogP contribution in [0.3, 0.4) is 0 Å². The van der Waals surface area contributed by atoms with Gasteiger partial charge in [-0.15, -0.1) is 0 Å². The normalized spacial score (nSPS) is 10.8. The van der Waals surface area contributed by atoms with E-state index >= 15 is 0 Å². The third kappa shape index (κ3) is 2.12. The molecule has 19 heavy (non-hydrogen) atoms. The summed E-state index contributed by atoms with van der Waals surface area (Å²) in [5.74, 6) is 0.813. The largest absolute Gasteiger partial charge is 0.497 e. The molecule has 96 valence electrons. The van der Waals surface area contributed by atoms with E-state index in [9.17, 15) is 4.79 Å². The number of rotatable bonds is 3. The first-order valence-corrected chi connectivity index (χ1v) is 6.08. The van der Waals surface area contributed by atoms with Crippen molar-refractivity contribution in [3.05, 3.63) is 64.4 Å². The highest BCUT2D eigenvalue weighted by molar-refractivity contribution is 5.77. The number of hydrogen-bond donors (Lipinski definition) is 1. The van der Waals surface area contributed by atoms with E-state index in [0.717, 1.165) is 22.2 Å². The summed E-state index contributed by atoms with van der Waals surface area (Å²) in [4.78, 5) is 12.2. The first-order valence-electron chi connectivity index (χ1n) is 6.08. The molecule has 0 aliphatic heterocycles. The molecule has 4 nitrogen and oxygen atoms in total. The SMILES string of the molecule is COc1ccc(Cn2[nH]c3ccccc3c2=O)cc1. The van der Waals surface area contributed by atoms with Gasteiger partial charge in [0, 0.05) is 0 Å². The predicted octanol–water partition coefficient (Wildman–Crippen LogP) is 2.39. The van der Waals surface area contributed by atoms with Gasteiger partial charge < -0.3 is 4.74 Å². The number of nitrogens with one attached hydrogen (secondary N) is 1. The lowest BCUT2D eigenvalue weighted by Gasteiger charge is -2.03. The van der Waals surface area contributed by atoms with Crippen LogP contribution in [0, 0.1) is 0 Å². The standard InChI is InChI=1S/C15H14N2O2/c1-19-12-8-6-11(7-9-12)10-17-15(18)13-4-2-3-5-14(13)16-17/h2-9,16H,10H2,1H3. The lowest BCUT2D eigenvalue weighted by Crippen LogP contribution is -2.17. The number of para-hydroxylation sites is 1. The molecule has 1 N–H and O–H groups in total. The fraction of sp³-hybridized carbons (Fsp3) is 0.133. The van der Waals surface area contributed by atoms with E-state index in [1.54, 1.807) is 11.8 Å². The van der Waals surface area contributed by atoms with Gasteiger partial charge in [-0.25, -0.2) is 4.68 Å². The summed E-state index contributed by atoms with van der Waals surface area (Å²) in [5.41, 5.74) is 1.92. The molecule has 0 aliphatic carbocycles. The minimum absolute atomic E-state index is 0.00594. The minimum Gasteiger partial charge on any atom is -0.497 e. The lowest BCUT2D eigenvalue weighted by molar-refractivity contribution is 0.414. The molecule has 1 aromatic heterocycles. The number of nitrogens with zero attached hydrogens (tertiary/aromatic N) is 1. The van der Waals surface area contributed by atoms with Crippen molar-refractivity contribution in [1.29, 1.82) is 0 Å². The van der Waals surface area contributed by atoms with Crippen molar-refractivity contribution in [2.75, 3.05) is 7.11 Å². The second kappa shape index (κ2) is 4.65. The van der Waals surface area contributed by atoms with Crippen molar-refractivity contribution in [2.45, 2.75) is 6.54 Å². The number of fused-ring (bicyclic) bond motifs is 1. The van der Waals surface area contributed by atoms with E-state index < -0.39 is 0 Å². The summed E-state index contributed by atoms with van der Waals surface area (Å²) in [6.07, 6.45) is 0. The number of benzene rings is 2. The van der Waals surface area contributed by atoms with Gasteiger partial charge in [0.2, 0.25) is 0 Å². The average Bonchev–Trinajstić information content (AvgIpc) is 2.77. The van der Waals surface area contributed by atoms with Crippen LogP contribution in [0.5, 0.6) is 5.75 Å². The summed E-state index contributed by atoms with van der Waals surface area (Å²) in [7, 11) is 1.64. The fourth-order valence-electron chi connectivity index (χ4n) is 2.13. The molecule has 0 aliphatic rings. The molecule has 0 spiro atoms. The summed E-state index contributed by atoms with van der Waals surface area (Å²) < 4.78 is 6.73. The number of hydrogen-bond acceptors (Lipinski definition) is 2. The lowest BCUT2D eigenvalue weighted by atomic mass is 10.2. The number of H-pyrrole nitrogens is 1. The number of aromatic amines is 1. The zero-order chi connectivity index (χ0) is 13.2. The molecule has 3 aromatic rings. The smallest absolute Gasteiger partial charge is 0.274 e. The first kappa shape index (κ1) is 11.6. The van der Waals surface area contributed by atoms with Crippen molar-refractivity contribution in [3.63, 3.8) is 0 Å². The Hall–Kier alpha value is -2.49. The Bertz CT molecular complexity index is 754. The molecule has 4 heteroatoms. The van der Waals surface area contributed by atoms with Crippen LogP contribution in [-0.4, -0.2) is 16.9 Å². The van der Waals surface area contributed by atoms with Gasteiger partial charge in [-0.2, -0.15) is 0 Å². The molecule has 0 radical (unpaired) electrons. The molecule has 0 fully saturated rings. The Morgan fingerprint density at radius 3 is 2.53 bits per heavy atom. The van der Waals surface area contributed by atoms with Gasteiger partial charge in [0.05, 0.1) is 24.6 Å². The van der Waals surface area contributed by atoms with Gasteiger partial charge in [-0.05, 0) is 29.8 Å². The molecule has 1 heterocycles. The van der Waals surface area contributed by atoms with Gasteiger partial charge in [0.25, 0.3) is 5.56 Å². The van der Waals surface area contributed by atoms with Gasteiger partial charge in [-0.1, -0.05) is 24.3 Å². The average molecular weight is 254 g/mol. The number of ether oxygens (including phenoxy) is 1. The van der Waals surface area contributed by atoms with Crippen LogP contribution in [-0.2, 0) is 6.54 Å². The van der Waals surface area contributed by atoms with Crippen LogP contribution in [0.25, 0.3) is 10.9 Å². The highest BCUT2D eigenvalue weighted by Crippen LogP contribution is 2.12. The zero-order valence-corrected chi connectivity index (χ0v) is 10.6. The highest BCUT2D eigenvalue weighted by Gasteiger charge is 2.05.